The highest BCUT2D eigenvalue weighted by atomic mass is 19.3. The Labute approximate surface area is 150 Å². The number of carboxylic acids is 1. The number of carbonyl (C=O) groups is 2. The van der Waals surface area contributed by atoms with E-state index < -0.39 is 17.7 Å². The van der Waals surface area contributed by atoms with E-state index >= 15 is 0 Å². The molecule has 0 radical (unpaired) electrons. The molecule has 1 rings (SSSR count). The third-order valence-electron chi connectivity index (χ3n) is 5.53. The van der Waals surface area contributed by atoms with Crippen LogP contribution < -0.4 is 0 Å². The van der Waals surface area contributed by atoms with E-state index in [4.69, 9.17) is 5.11 Å². The highest BCUT2D eigenvalue weighted by molar-refractivity contribution is 5.85. The lowest BCUT2D eigenvalue weighted by Crippen LogP contribution is -2.29. The first-order chi connectivity index (χ1) is 11.9. The van der Waals surface area contributed by atoms with E-state index in [1.807, 2.05) is 6.92 Å². The third-order valence-corrected chi connectivity index (χ3v) is 5.53. The van der Waals surface area contributed by atoms with Gasteiger partial charge in [0.15, 0.2) is 0 Å². The third kappa shape index (κ3) is 8.77. The molecule has 1 aliphatic carbocycles. The predicted octanol–water partition coefficient (Wildman–Crippen LogP) is 6.00. The van der Waals surface area contributed by atoms with Crippen LogP contribution in [0.1, 0.15) is 96.8 Å². The number of alkyl halides is 2. The Morgan fingerprint density at radius 2 is 1.60 bits per heavy atom. The highest BCUT2D eigenvalue weighted by Crippen LogP contribution is 2.39. The summed E-state index contributed by atoms with van der Waals surface area (Å²) in [7, 11) is 0. The van der Waals surface area contributed by atoms with E-state index in [9.17, 15) is 18.4 Å². The zero-order valence-corrected chi connectivity index (χ0v) is 15.6. The monoisotopic (exact) mass is 360 g/mol. The first kappa shape index (κ1) is 22.0. The van der Waals surface area contributed by atoms with Gasteiger partial charge in [0, 0.05) is 19.3 Å². The standard InChI is InChI=1S/C20H34F2O3/c1-2-3-15-20(21,22)18(23)14-13-17-11-8-10-16(17)9-6-4-5-7-12-19(24)25/h16-17H,2-15H2,1H3,(H,24,25)/t16-,17+/m0/s1. The molecule has 1 fully saturated rings. The maximum absolute atomic E-state index is 13.8. The Hall–Kier alpha value is -1.00. The number of hydrogen-bond donors (Lipinski definition) is 1. The fourth-order valence-electron chi connectivity index (χ4n) is 3.95. The molecule has 5 heteroatoms. The Kier molecular flexibility index (Phi) is 10.2. The van der Waals surface area contributed by atoms with Gasteiger partial charge in [-0.3, -0.25) is 9.59 Å². The van der Waals surface area contributed by atoms with Gasteiger partial charge in [0.1, 0.15) is 0 Å². The van der Waals surface area contributed by atoms with Crippen molar-refractivity contribution in [3.05, 3.63) is 0 Å². The van der Waals surface area contributed by atoms with Crippen molar-refractivity contribution >= 4 is 11.8 Å². The van der Waals surface area contributed by atoms with Gasteiger partial charge in [-0.05, 0) is 31.1 Å². The number of carboxylic acid groups (broad SMARTS) is 1. The van der Waals surface area contributed by atoms with Crippen molar-refractivity contribution in [2.75, 3.05) is 0 Å². The van der Waals surface area contributed by atoms with Crippen LogP contribution in [0, 0.1) is 11.8 Å². The molecule has 1 saturated carbocycles. The van der Waals surface area contributed by atoms with Crippen LogP contribution in [0.5, 0.6) is 0 Å². The Morgan fingerprint density at radius 1 is 0.960 bits per heavy atom. The number of aliphatic carboxylic acids is 1. The van der Waals surface area contributed by atoms with Gasteiger partial charge in [0.05, 0.1) is 0 Å². The quantitative estimate of drug-likeness (QED) is 0.386. The van der Waals surface area contributed by atoms with E-state index in [0.29, 0.717) is 31.1 Å². The summed E-state index contributed by atoms with van der Waals surface area (Å²) in [6.45, 7) is 1.85. The Bertz CT molecular complexity index is 410. The van der Waals surface area contributed by atoms with Crippen LogP contribution in [0.25, 0.3) is 0 Å². The van der Waals surface area contributed by atoms with Crippen LogP contribution in [0.3, 0.4) is 0 Å². The van der Waals surface area contributed by atoms with Gasteiger partial charge in [-0.2, -0.15) is 8.78 Å². The van der Waals surface area contributed by atoms with Crippen molar-refractivity contribution < 1.29 is 23.5 Å². The molecule has 0 bridgehead atoms. The number of hydrogen-bond acceptors (Lipinski definition) is 2. The number of carbonyl (C=O) groups excluding carboxylic acids is 1. The van der Waals surface area contributed by atoms with E-state index in [2.05, 4.69) is 0 Å². The van der Waals surface area contributed by atoms with Crippen LogP contribution in [0.2, 0.25) is 0 Å². The van der Waals surface area contributed by atoms with Crippen molar-refractivity contribution in [2.45, 2.75) is 103 Å². The summed E-state index contributed by atoms with van der Waals surface area (Å²) in [4.78, 5) is 22.3. The molecule has 0 aromatic heterocycles. The molecule has 146 valence electrons. The average Bonchev–Trinajstić information content (AvgIpc) is 3.01. The van der Waals surface area contributed by atoms with Gasteiger partial charge in [-0.25, -0.2) is 0 Å². The van der Waals surface area contributed by atoms with E-state index in [-0.39, 0.29) is 19.3 Å². The SMILES string of the molecule is CCCCC(F)(F)C(=O)CC[C@H]1CCC[C@@H]1CCCCCCC(=O)O. The van der Waals surface area contributed by atoms with Crippen molar-refractivity contribution in [2.24, 2.45) is 11.8 Å². The molecule has 0 aromatic carbocycles. The van der Waals surface area contributed by atoms with Crippen LogP contribution in [-0.2, 0) is 9.59 Å². The second kappa shape index (κ2) is 11.6. The number of ketones is 1. The number of Topliss-reactive ketones (excluding diaryl/α,β-unsaturated/α-hetero) is 1. The zero-order chi connectivity index (χ0) is 18.7. The van der Waals surface area contributed by atoms with E-state index in [1.54, 1.807) is 0 Å². The van der Waals surface area contributed by atoms with Gasteiger partial charge in [-0.15, -0.1) is 0 Å². The average molecular weight is 360 g/mol. The van der Waals surface area contributed by atoms with Crippen molar-refractivity contribution in [1.82, 2.24) is 0 Å². The molecule has 0 spiro atoms. The number of unbranched alkanes of at least 4 members (excludes halogenated alkanes) is 4. The second-order valence-corrected chi connectivity index (χ2v) is 7.57. The minimum absolute atomic E-state index is 0.0104. The van der Waals surface area contributed by atoms with E-state index in [0.717, 1.165) is 51.4 Å². The van der Waals surface area contributed by atoms with Crippen molar-refractivity contribution in [3.63, 3.8) is 0 Å². The molecular weight excluding hydrogens is 326 g/mol. The molecule has 0 saturated heterocycles. The summed E-state index contributed by atoms with van der Waals surface area (Å²) in [6, 6.07) is 0. The van der Waals surface area contributed by atoms with Gasteiger partial charge in [0.25, 0.3) is 0 Å². The lowest BCUT2D eigenvalue weighted by Gasteiger charge is -2.21. The maximum atomic E-state index is 13.8. The molecule has 0 aliphatic heterocycles. The van der Waals surface area contributed by atoms with Gasteiger partial charge >= 0.3 is 11.9 Å². The second-order valence-electron chi connectivity index (χ2n) is 7.57. The predicted molar refractivity (Wildman–Crippen MR) is 94.9 cm³/mol. The molecule has 1 aliphatic rings. The molecule has 0 heterocycles. The molecule has 0 unspecified atom stereocenters. The minimum atomic E-state index is -3.14. The molecule has 0 aromatic rings. The van der Waals surface area contributed by atoms with Crippen molar-refractivity contribution in [1.29, 1.82) is 0 Å². The van der Waals surface area contributed by atoms with Crippen LogP contribution in [-0.4, -0.2) is 22.8 Å². The molecule has 25 heavy (non-hydrogen) atoms. The minimum Gasteiger partial charge on any atom is -0.481 e. The normalized spacial score (nSPS) is 20.8. The summed E-state index contributed by atoms with van der Waals surface area (Å²) >= 11 is 0. The molecule has 1 N–H and O–H groups in total. The molecule has 3 nitrogen and oxygen atoms in total. The summed E-state index contributed by atoms with van der Waals surface area (Å²) in [5, 5.41) is 8.61. The first-order valence-corrected chi connectivity index (χ1v) is 9.99. The largest absolute Gasteiger partial charge is 0.481 e. The Balaban J connectivity index is 2.24. The summed E-state index contributed by atoms with van der Waals surface area (Å²) < 4.78 is 27.5. The summed E-state index contributed by atoms with van der Waals surface area (Å²) in [5.74, 6) is -3.80. The Morgan fingerprint density at radius 3 is 2.24 bits per heavy atom. The lowest BCUT2D eigenvalue weighted by atomic mass is 9.86. The molecular formula is C20H34F2O3. The van der Waals surface area contributed by atoms with E-state index in [1.165, 1.54) is 0 Å². The van der Waals surface area contributed by atoms with Gasteiger partial charge in [-0.1, -0.05) is 58.3 Å². The fraction of sp³-hybridized carbons (Fsp3) is 0.900. The van der Waals surface area contributed by atoms with Crippen LogP contribution in [0.4, 0.5) is 8.78 Å². The number of rotatable bonds is 14. The smallest absolute Gasteiger partial charge is 0.305 e. The topological polar surface area (TPSA) is 54.4 Å². The zero-order valence-electron chi connectivity index (χ0n) is 15.6. The van der Waals surface area contributed by atoms with Gasteiger partial charge in [0.2, 0.25) is 5.78 Å². The molecule has 2 atom stereocenters. The summed E-state index contributed by atoms with van der Waals surface area (Å²) in [6.07, 6.45) is 9.79. The fourth-order valence-corrected chi connectivity index (χ4v) is 3.95. The maximum Gasteiger partial charge on any atom is 0.305 e. The van der Waals surface area contributed by atoms with Crippen LogP contribution >= 0.6 is 0 Å². The van der Waals surface area contributed by atoms with Crippen molar-refractivity contribution in [3.8, 4) is 0 Å². The van der Waals surface area contributed by atoms with Crippen LogP contribution in [0.15, 0.2) is 0 Å². The lowest BCUT2D eigenvalue weighted by molar-refractivity contribution is -0.144. The number of halogens is 2. The first-order valence-electron chi connectivity index (χ1n) is 9.99. The summed E-state index contributed by atoms with van der Waals surface area (Å²) in [5.41, 5.74) is 0. The molecule has 0 amide bonds. The highest BCUT2D eigenvalue weighted by Gasteiger charge is 2.38. The van der Waals surface area contributed by atoms with Gasteiger partial charge < -0.3 is 5.11 Å².